The summed E-state index contributed by atoms with van der Waals surface area (Å²) in [4.78, 5) is -0.694. The summed E-state index contributed by atoms with van der Waals surface area (Å²) >= 11 is 0. The monoisotopic (exact) mass is 445 g/mol. The van der Waals surface area contributed by atoms with Crippen molar-refractivity contribution in [2.24, 2.45) is 0 Å². The molecule has 1 aromatic carbocycles. The average molecular weight is 445 g/mol. The fourth-order valence-electron chi connectivity index (χ4n) is 0.654. The fraction of sp³-hybridized carbons (Fsp3) is 0. The van der Waals surface area contributed by atoms with E-state index in [4.69, 9.17) is 4.55 Å². The van der Waals surface area contributed by atoms with Crippen molar-refractivity contribution in [1.82, 2.24) is 0 Å². The first-order chi connectivity index (χ1) is 11.0. The molecule has 0 unspecified atom stereocenters. The summed E-state index contributed by atoms with van der Waals surface area (Å²) in [5, 5.41) is 0. The van der Waals surface area contributed by atoms with Gasteiger partial charge in [-0.3, -0.25) is 4.55 Å². The molecule has 0 aliphatic heterocycles. The van der Waals surface area contributed by atoms with Crippen LogP contribution in [-0.2, 0) is 10.1 Å². The first-order valence-corrected chi connectivity index (χ1v) is 6.80. The van der Waals surface area contributed by atoms with Gasteiger partial charge in [-0.1, -0.05) is 12.1 Å². The van der Waals surface area contributed by atoms with E-state index >= 15 is 0 Å². The Kier molecular flexibility index (Phi) is 16.5. The molecule has 0 bridgehead atoms. The fourth-order valence-corrected chi connectivity index (χ4v) is 1.22. The van der Waals surface area contributed by atoms with Gasteiger partial charge in [0.2, 0.25) is 0 Å². The minimum absolute atomic E-state index is 0. The third kappa shape index (κ3) is 51.7. The minimum atomic E-state index is -6.00. The molecule has 0 aromatic heterocycles. The molecular formula is C6H6B3F13LiO3S-3. The van der Waals surface area contributed by atoms with E-state index in [0.717, 1.165) is 12.1 Å². The van der Waals surface area contributed by atoms with Crippen LogP contribution >= 0.6 is 0 Å². The molecule has 158 valence electrons. The third-order valence-electron chi connectivity index (χ3n) is 1.11. The van der Waals surface area contributed by atoms with Crippen LogP contribution in [0.15, 0.2) is 29.2 Å². The molecule has 1 rings (SSSR count). The molecule has 1 N–H and O–H groups in total. The van der Waals surface area contributed by atoms with Gasteiger partial charge in [-0.25, -0.2) is 4.39 Å². The van der Waals surface area contributed by atoms with Gasteiger partial charge in [0.15, 0.2) is 0 Å². The van der Waals surface area contributed by atoms with Gasteiger partial charge in [0, 0.05) is 0 Å². The molecule has 0 heterocycles. The van der Waals surface area contributed by atoms with E-state index in [1.165, 1.54) is 12.1 Å². The summed E-state index contributed by atoms with van der Waals surface area (Å²) in [7, 11) is -22.4. The van der Waals surface area contributed by atoms with Gasteiger partial charge >= 0.3 is 40.6 Å². The van der Waals surface area contributed by atoms with Crippen molar-refractivity contribution < 1.29 is 69.1 Å². The molecule has 27 heavy (non-hydrogen) atoms. The molecule has 0 atom stereocenters. The Morgan fingerprint density at radius 1 is 0.667 bits per heavy atom. The molecule has 0 radical (unpaired) electrons. The average Bonchev–Trinajstić information content (AvgIpc) is 2.20. The second kappa shape index (κ2) is 13.2. The van der Waals surface area contributed by atoms with Crippen molar-refractivity contribution in [3.05, 3.63) is 30.1 Å². The van der Waals surface area contributed by atoms with Gasteiger partial charge in [-0.15, -0.1) is 0 Å². The second-order valence-electron chi connectivity index (χ2n) is 3.39. The summed E-state index contributed by atoms with van der Waals surface area (Å²) in [6.45, 7) is 0. The standard InChI is InChI=1S/C6H5FO3S.3BF4.Li.H/c7-5-3-1-2-4-6(5)11(8,9)10;3*2-1(3,4)5;;/h1-4H,(H,8,9,10);;;;;/q;3*-1;;. The predicted octanol–water partition coefficient (Wildman–Crippen LogP) is 4.32. The molecule has 1 aromatic rings. The number of hydrogen-bond acceptors (Lipinski definition) is 2. The molecule has 0 aliphatic carbocycles. The Morgan fingerprint density at radius 3 is 1.04 bits per heavy atom. The number of benzene rings is 1. The maximum absolute atomic E-state index is 12.5. The van der Waals surface area contributed by atoms with Crippen molar-refractivity contribution >= 4 is 50.7 Å². The van der Waals surface area contributed by atoms with Gasteiger partial charge in [-0.05, 0) is 12.1 Å². The van der Waals surface area contributed by atoms with Crippen LogP contribution in [0, 0.1) is 5.82 Å². The van der Waals surface area contributed by atoms with Crippen LogP contribution < -0.4 is 0 Å². The van der Waals surface area contributed by atoms with Crippen LogP contribution in [0.2, 0.25) is 0 Å². The molecule has 0 fully saturated rings. The van der Waals surface area contributed by atoms with Crippen molar-refractivity contribution in [3.8, 4) is 0 Å². The van der Waals surface area contributed by atoms with Gasteiger partial charge in [-0.2, -0.15) is 8.42 Å². The summed E-state index contributed by atoms with van der Waals surface area (Å²) < 4.78 is 159. The summed E-state index contributed by atoms with van der Waals surface area (Å²) in [5.41, 5.74) is 0. The molecule has 0 spiro atoms. The molecule has 0 saturated heterocycles. The van der Waals surface area contributed by atoms with Gasteiger partial charge in [0.1, 0.15) is 10.7 Å². The summed E-state index contributed by atoms with van der Waals surface area (Å²) in [6.07, 6.45) is 0. The van der Waals surface area contributed by atoms with Crippen LogP contribution in [0.3, 0.4) is 0 Å². The Balaban J connectivity index is -0.000000142. The third-order valence-corrected chi connectivity index (χ3v) is 2.00. The molecule has 21 heteroatoms. The number of halogens is 13. The van der Waals surface area contributed by atoms with Gasteiger partial charge < -0.3 is 51.8 Å². The summed E-state index contributed by atoms with van der Waals surface area (Å²) in [5.74, 6) is -0.949. The molecule has 0 aliphatic rings. The van der Waals surface area contributed by atoms with Crippen LogP contribution in [0.25, 0.3) is 0 Å². The Bertz CT molecular complexity index is 570. The van der Waals surface area contributed by atoms with E-state index in [1.807, 2.05) is 0 Å². The molecule has 3 nitrogen and oxygen atoms in total. The topological polar surface area (TPSA) is 54.4 Å². The van der Waals surface area contributed by atoms with E-state index in [9.17, 15) is 64.6 Å². The zero-order valence-electron chi connectivity index (χ0n) is 11.6. The first-order valence-electron chi connectivity index (χ1n) is 5.35. The van der Waals surface area contributed by atoms with Gasteiger partial charge in [0.05, 0.1) is 0 Å². The van der Waals surface area contributed by atoms with Crippen LogP contribution in [0.1, 0.15) is 0 Å². The maximum atomic E-state index is 12.5. The van der Waals surface area contributed by atoms with E-state index < -0.39 is 42.6 Å². The van der Waals surface area contributed by atoms with Crippen molar-refractivity contribution in [1.29, 1.82) is 0 Å². The van der Waals surface area contributed by atoms with Crippen molar-refractivity contribution in [2.75, 3.05) is 0 Å². The van der Waals surface area contributed by atoms with Crippen LogP contribution in [0.4, 0.5) is 56.2 Å². The zero-order chi connectivity index (χ0) is 22.0. The van der Waals surface area contributed by atoms with Crippen molar-refractivity contribution in [3.63, 3.8) is 0 Å². The Morgan fingerprint density at radius 2 is 0.889 bits per heavy atom. The predicted molar refractivity (Wildman–Crippen MR) is 73.9 cm³/mol. The first kappa shape index (κ1) is 33.6. The number of hydrogen-bond donors (Lipinski definition) is 1. The number of rotatable bonds is 1. The summed E-state index contributed by atoms with van der Waals surface area (Å²) in [6, 6.07) is 4.62. The van der Waals surface area contributed by atoms with E-state index in [2.05, 4.69) is 0 Å². The zero-order valence-corrected chi connectivity index (χ0v) is 12.4. The van der Waals surface area contributed by atoms with E-state index in [-0.39, 0.29) is 18.9 Å². The normalized spacial score (nSPS) is 11.3. The SMILES string of the molecule is F[B-](F)(F)F.F[B-](F)(F)F.F[B-](F)(F)F.O=S(=O)(O)c1ccccc1F.[LiH]. The quantitative estimate of drug-likeness (QED) is 0.399. The Labute approximate surface area is 155 Å². The van der Waals surface area contributed by atoms with Crippen LogP contribution in [0.5, 0.6) is 0 Å². The molecular weight excluding hydrogens is 438 g/mol. The van der Waals surface area contributed by atoms with Crippen molar-refractivity contribution in [2.45, 2.75) is 4.90 Å². The molecule has 0 saturated carbocycles. The second-order valence-corrected chi connectivity index (χ2v) is 4.78. The molecule has 0 amide bonds. The van der Waals surface area contributed by atoms with Crippen LogP contribution in [-0.4, -0.2) is 53.6 Å². The Hall–Kier alpha value is -0.988. The van der Waals surface area contributed by atoms with E-state index in [0.29, 0.717) is 0 Å². The van der Waals surface area contributed by atoms with E-state index in [1.54, 1.807) is 0 Å². The van der Waals surface area contributed by atoms with Gasteiger partial charge in [0.25, 0.3) is 10.1 Å².